The van der Waals surface area contributed by atoms with Gasteiger partial charge in [0.1, 0.15) is 0 Å². The Morgan fingerprint density at radius 3 is 2.65 bits per heavy atom. The number of carbonyl (C=O) groups excluding carboxylic acids is 2. The van der Waals surface area contributed by atoms with Crippen molar-refractivity contribution < 1.29 is 9.59 Å². The van der Waals surface area contributed by atoms with Gasteiger partial charge in [0, 0.05) is 44.7 Å². The van der Waals surface area contributed by atoms with E-state index in [4.69, 9.17) is 0 Å². The number of hydrogen-bond donors (Lipinski definition) is 1. The van der Waals surface area contributed by atoms with Crippen molar-refractivity contribution in [3.05, 3.63) is 0 Å². The third kappa shape index (κ3) is 3.14. The van der Waals surface area contributed by atoms with Crippen LogP contribution in [0.4, 0.5) is 0 Å². The van der Waals surface area contributed by atoms with Gasteiger partial charge < -0.3 is 15.1 Å². The predicted molar refractivity (Wildman–Crippen MR) is 78.2 cm³/mol. The number of piperazine rings is 1. The minimum absolute atomic E-state index is 0.131. The molecule has 2 rings (SSSR count). The zero-order valence-electron chi connectivity index (χ0n) is 12.9. The van der Waals surface area contributed by atoms with Gasteiger partial charge in [-0.05, 0) is 19.8 Å². The standard InChI is InChI=1S/C15H27N3O2/c1-4-13(5-2)18-10-12(8-14(18)19)15(20)17-7-6-16-11(3)9-17/h11-13,16H,4-10H2,1-3H3. The molecule has 0 aromatic heterocycles. The van der Waals surface area contributed by atoms with Crippen LogP contribution in [0.3, 0.4) is 0 Å². The van der Waals surface area contributed by atoms with Crippen LogP contribution >= 0.6 is 0 Å². The fourth-order valence-corrected chi connectivity index (χ4v) is 3.37. The van der Waals surface area contributed by atoms with Gasteiger partial charge in [0.2, 0.25) is 11.8 Å². The van der Waals surface area contributed by atoms with E-state index in [9.17, 15) is 9.59 Å². The molecule has 2 heterocycles. The summed E-state index contributed by atoms with van der Waals surface area (Å²) in [6.07, 6.45) is 2.33. The highest BCUT2D eigenvalue weighted by atomic mass is 16.2. The Hall–Kier alpha value is -1.10. The maximum atomic E-state index is 12.6. The second kappa shape index (κ2) is 6.57. The lowest BCUT2D eigenvalue weighted by Gasteiger charge is -2.33. The summed E-state index contributed by atoms with van der Waals surface area (Å²) in [5.74, 6) is 0.189. The van der Waals surface area contributed by atoms with E-state index in [0.717, 1.165) is 32.5 Å². The Bertz CT molecular complexity index is 368. The Morgan fingerprint density at radius 1 is 1.35 bits per heavy atom. The van der Waals surface area contributed by atoms with Gasteiger partial charge in [0.15, 0.2) is 0 Å². The molecule has 0 aromatic carbocycles. The Balaban J connectivity index is 1.97. The molecule has 2 aliphatic rings. The molecule has 2 aliphatic heterocycles. The number of nitrogens with zero attached hydrogens (tertiary/aromatic N) is 2. The van der Waals surface area contributed by atoms with Gasteiger partial charge in [0.25, 0.3) is 0 Å². The first-order valence-corrected chi connectivity index (χ1v) is 7.88. The normalized spacial score (nSPS) is 27.5. The maximum absolute atomic E-state index is 12.6. The summed E-state index contributed by atoms with van der Waals surface area (Å²) in [4.78, 5) is 28.5. The van der Waals surface area contributed by atoms with E-state index in [0.29, 0.717) is 25.0 Å². The van der Waals surface area contributed by atoms with Crippen LogP contribution in [-0.2, 0) is 9.59 Å². The molecule has 2 atom stereocenters. The molecular weight excluding hydrogens is 254 g/mol. The van der Waals surface area contributed by atoms with Crippen molar-refractivity contribution in [1.82, 2.24) is 15.1 Å². The zero-order valence-corrected chi connectivity index (χ0v) is 12.9. The van der Waals surface area contributed by atoms with E-state index in [1.807, 2.05) is 9.80 Å². The minimum Gasteiger partial charge on any atom is -0.340 e. The van der Waals surface area contributed by atoms with E-state index >= 15 is 0 Å². The average molecular weight is 281 g/mol. The Morgan fingerprint density at radius 2 is 2.05 bits per heavy atom. The Kier molecular flexibility index (Phi) is 5.02. The topological polar surface area (TPSA) is 52.7 Å². The number of hydrogen-bond acceptors (Lipinski definition) is 3. The van der Waals surface area contributed by atoms with Crippen molar-refractivity contribution in [2.45, 2.75) is 52.1 Å². The average Bonchev–Trinajstić information content (AvgIpc) is 2.82. The third-order valence-electron chi connectivity index (χ3n) is 4.57. The summed E-state index contributed by atoms with van der Waals surface area (Å²) in [6.45, 7) is 9.29. The van der Waals surface area contributed by atoms with Crippen molar-refractivity contribution >= 4 is 11.8 Å². The molecule has 20 heavy (non-hydrogen) atoms. The van der Waals surface area contributed by atoms with Crippen LogP contribution in [0.5, 0.6) is 0 Å². The number of carbonyl (C=O) groups is 2. The molecule has 1 N–H and O–H groups in total. The fourth-order valence-electron chi connectivity index (χ4n) is 3.37. The summed E-state index contributed by atoms with van der Waals surface area (Å²) >= 11 is 0. The van der Waals surface area contributed by atoms with Crippen LogP contribution in [0.2, 0.25) is 0 Å². The first-order valence-electron chi connectivity index (χ1n) is 7.88. The van der Waals surface area contributed by atoms with Crippen molar-refractivity contribution in [3.8, 4) is 0 Å². The van der Waals surface area contributed by atoms with Gasteiger partial charge in [-0.3, -0.25) is 9.59 Å². The second-order valence-corrected chi connectivity index (χ2v) is 6.06. The highest BCUT2D eigenvalue weighted by Gasteiger charge is 2.39. The molecule has 5 heteroatoms. The second-order valence-electron chi connectivity index (χ2n) is 6.06. The quantitative estimate of drug-likeness (QED) is 0.831. The summed E-state index contributed by atoms with van der Waals surface area (Å²) in [5.41, 5.74) is 0. The smallest absolute Gasteiger partial charge is 0.228 e. The molecule has 2 saturated heterocycles. The first kappa shape index (κ1) is 15.3. The summed E-state index contributed by atoms with van der Waals surface area (Å²) in [5, 5.41) is 3.34. The molecule has 0 spiro atoms. The molecule has 2 fully saturated rings. The lowest BCUT2D eigenvalue weighted by Crippen LogP contribution is -2.53. The van der Waals surface area contributed by atoms with Crippen LogP contribution in [0.1, 0.15) is 40.0 Å². The van der Waals surface area contributed by atoms with Crippen LogP contribution in [-0.4, -0.2) is 59.9 Å². The third-order valence-corrected chi connectivity index (χ3v) is 4.57. The molecule has 2 amide bonds. The summed E-state index contributed by atoms with van der Waals surface area (Å²) in [7, 11) is 0. The van der Waals surface area contributed by atoms with Crippen LogP contribution < -0.4 is 5.32 Å². The van der Waals surface area contributed by atoms with Gasteiger partial charge in [-0.15, -0.1) is 0 Å². The largest absolute Gasteiger partial charge is 0.340 e. The van der Waals surface area contributed by atoms with E-state index in [1.54, 1.807) is 0 Å². The number of amides is 2. The van der Waals surface area contributed by atoms with Crippen LogP contribution in [0, 0.1) is 5.92 Å². The molecule has 114 valence electrons. The fraction of sp³-hybridized carbons (Fsp3) is 0.867. The minimum atomic E-state index is -0.131. The highest BCUT2D eigenvalue weighted by Crippen LogP contribution is 2.25. The van der Waals surface area contributed by atoms with E-state index < -0.39 is 0 Å². The molecule has 0 aromatic rings. The predicted octanol–water partition coefficient (Wildman–Crippen LogP) is 0.844. The van der Waals surface area contributed by atoms with Gasteiger partial charge in [-0.2, -0.15) is 0 Å². The molecule has 0 aliphatic carbocycles. The van der Waals surface area contributed by atoms with Crippen molar-refractivity contribution in [3.63, 3.8) is 0 Å². The number of nitrogens with one attached hydrogen (secondary N) is 1. The monoisotopic (exact) mass is 281 g/mol. The lowest BCUT2D eigenvalue weighted by atomic mass is 10.1. The molecule has 0 radical (unpaired) electrons. The molecule has 0 saturated carbocycles. The molecule has 2 unspecified atom stereocenters. The van der Waals surface area contributed by atoms with Gasteiger partial charge in [0.05, 0.1) is 5.92 Å². The Labute approximate surface area is 121 Å². The number of likely N-dealkylation sites (tertiary alicyclic amines) is 1. The number of rotatable bonds is 4. The van der Waals surface area contributed by atoms with Crippen LogP contribution in [0.25, 0.3) is 0 Å². The highest BCUT2D eigenvalue weighted by molar-refractivity contribution is 5.89. The van der Waals surface area contributed by atoms with E-state index in [-0.39, 0.29) is 17.7 Å². The van der Waals surface area contributed by atoms with Crippen molar-refractivity contribution in [1.29, 1.82) is 0 Å². The van der Waals surface area contributed by atoms with Crippen LogP contribution in [0.15, 0.2) is 0 Å². The SMILES string of the molecule is CCC(CC)N1CC(C(=O)N2CCNC(C)C2)CC1=O. The molecule has 5 nitrogen and oxygen atoms in total. The van der Waals surface area contributed by atoms with Gasteiger partial charge in [-0.25, -0.2) is 0 Å². The van der Waals surface area contributed by atoms with E-state index in [1.165, 1.54) is 0 Å². The summed E-state index contributed by atoms with van der Waals surface area (Å²) in [6, 6.07) is 0.641. The summed E-state index contributed by atoms with van der Waals surface area (Å²) < 4.78 is 0. The molecular formula is C15H27N3O2. The lowest BCUT2D eigenvalue weighted by molar-refractivity contribution is -0.136. The maximum Gasteiger partial charge on any atom is 0.228 e. The van der Waals surface area contributed by atoms with E-state index in [2.05, 4.69) is 26.1 Å². The van der Waals surface area contributed by atoms with Gasteiger partial charge >= 0.3 is 0 Å². The van der Waals surface area contributed by atoms with Gasteiger partial charge in [-0.1, -0.05) is 13.8 Å². The molecule has 0 bridgehead atoms. The van der Waals surface area contributed by atoms with Crippen molar-refractivity contribution in [2.75, 3.05) is 26.2 Å². The first-order chi connectivity index (χ1) is 9.56. The zero-order chi connectivity index (χ0) is 14.7. The van der Waals surface area contributed by atoms with Crippen molar-refractivity contribution in [2.24, 2.45) is 5.92 Å².